The number of rotatable bonds is 5. The Morgan fingerprint density at radius 2 is 1.97 bits per heavy atom. The van der Waals surface area contributed by atoms with Crippen LogP contribution in [0.3, 0.4) is 0 Å². The average molecular weight is 441 g/mol. The van der Waals surface area contributed by atoms with E-state index in [9.17, 15) is 4.79 Å². The summed E-state index contributed by atoms with van der Waals surface area (Å²) in [5.74, 6) is 1.97. The zero-order valence-corrected chi connectivity index (χ0v) is 18.4. The number of nitrogens with zero attached hydrogens (tertiary/aromatic N) is 4. The summed E-state index contributed by atoms with van der Waals surface area (Å²) < 4.78 is 11.8. The number of nitrogens with one attached hydrogen (secondary N) is 1. The molecule has 3 heterocycles. The summed E-state index contributed by atoms with van der Waals surface area (Å²) in [6.45, 7) is 3.45. The highest BCUT2D eigenvalue weighted by Crippen LogP contribution is 2.43. The fourth-order valence-electron chi connectivity index (χ4n) is 3.93. The molecule has 0 aliphatic carbocycles. The van der Waals surface area contributed by atoms with E-state index in [0.29, 0.717) is 54.1 Å². The molecule has 1 N–H and O–H groups in total. The van der Waals surface area contributed by atoms with E-state index < -0.39 is 0 Å². The van der Waals surface area contributed by atoms with Crippen molar-refractivity contribution in [3.63, 3.8) is 0 Å². The normalized spacial score (nSPS) is 14.1. The number of hydrogen-bond acceptors (Lipinski definition) is 7. The van der Waals surface area contributed by atoms with Crippen molar-refractivity contribution >= 4 is 23.4 Å². The van der Waals surface area contributed by atoms with Gasteiger partial charge in [0.25, 0.3) is 5.91 Å². The van der Waals surface area contributed by atoms with Gasteiger partial charge in [0.1, 0.15) is 18.1 Å². The van der Waals surface area contributed by atoms with E-state index in [-0.39, 0.29) is 5.91 Å². The number of amidine groups is 1. The summed E-state index contributed by atoms with van der Waals surface area (Å²) in [5.41, 5.74) is 3.61. The van der Waals surface area contributed by atoms with Crippen molar-refractivity contribution in [2.75, 3.05) is 20.2 Å². The maximum Gasteiger partial charge on any atom is 0.259 e. The lowest BCUT2D eigenvalue weighted by molar-refractivity contribution is 0.0973. The van der Waals surface area contributed by atoms with Crippen LogP contribution in [-0.2, 0) is 6.61 Å². The lowest BCUT2D eigenvalue weighted by Crippen LogP contribution is -2.47. The minimum Gasteiger partial charge on any atom is -0.491 e. The number of methoxy groups -OCH3 is 1. The van der Waals surface area contributed by atoms with E-state index in [4.69, 9.17) is 14.5 Å². The van der Waals surface area contributed by atoms with Crippen molar-refractivity contribution in [2.45, 2.75) is 13.5 Å². The van der Waals surface area contributed by atoms with Crippen LogP contribution >= 0.6 is 0 Å². The molecule has 8 nitrogen and oxygen atoms in total. The Hall–Kier alpha value is -4.20. The molecule has 0 radical (unpaired) electrons. The van der Waals surface area contributed by atoms with E-state index in [1.807, 2.05) is 47.4 Å². The first-order valence-corrected chi connectivity index (χ1v) is 10.7. The van der Waals surface area contributed by atoms with Crippen LogP contribution in [0.1, 0.15) is 27.2 Å². The average Bonchev–Trinajstić information content (AvgIpc) is 3.34. The molecule has 33 heavy (non-hydrogen) atoms. The Bertz CT molecular complexity index is 1270. The van der Waals surface area contributed by atoms with Gasteiger partial charge in [0, 0.05) is 24.0 Å². The summed E-state index contributed by atoms with van der Waals surface area (Å²) in [6, 6.07) is 17.2. The summed E-state index contributed by atoms with van der Waals surface area (Å²) in [4.78, 5) is 28.5. The molecule has 0 fully saturated rings. The third kappa shape index (κ3) is 3.91. The lowest BCUT2D eigenvalue weighted by Gasteiger charge is -2.28. The molecule has 1 amide bonds. The molecule has 3 aromatic rings. The first kappa shape index (κ1) is 20.7. The number of guanidine groups is 1. The second-order valence-corrected chi connectivity index (χ2v) is 7.65. The van der Waals surface area contributed by atoms with Gasteiger partial charge in [-0.1, -0.05) is 30.3 Å². The number of benzene rings is 2. The summed E-state index contributed by atoms with van der Waals surface area (Å²) in [7, 11) is 1.58. The topological polar surface area (TPSA) is 88.4 Å². The Labute approximate surface area is 191 Å². The third-order valence-electron chi connectivity index (χ3n) is 5.57. The van der Waals surface area contributed by atoms with E-state index >= 15 is 0 Å². The zero-order chi connectivity index (χ0) is 22.8. The van der Waals surface area contributed by atoms with Gasteiger partial charge < -0.3 is 9.47 Å². The molecular weight excluding hydrogens is 418 g/mol. The predicted octanol–water partition coefficient (Wildman–Crippen LogP) is 3.47. The summed E-state index contributed by atoms with van der Waals surface area (Å²) >= 11 is 0. The number of amides is 1. The van der Waals surface area contributed by atoms with Crippen molar-refractivity contribution < 1.29 is 14.3 Å². The zero-order valence-electron chi connectivity index (χ0n) is 18.4. The van der Waals surface area contributed by atoms with E-state index in [1.54, 1.807) is 32.4 Å². The third-order valence-corrected chi connectivity index (χ3v) is 5.57. The highest BCUT2D eigenvalue weighted by molar-refractivity contribution is 6.20. The Morgan fingerprint density at radius 3 is 2.76 bits per heavy atom. The molecule has 0 saturated heterocycles. The Morgan fingerprint density at radius 1 is 1.12 bits per heavy atom. The number of carbonyl (C=O) groups excluding carboxylic acids is 1. The maximum absolute atomic E-state index is 13.0. The Kier molecular flexibility index (Phi) is 5.48. The van der Waals surface area contributed by atoms with E-state index in [0.717, 1.165) is 17.0 Å². The molecule has 166 valence electrons. The fraction of sp³-hybridized carbons (Fsp3) is 0.200. The van der Waals surface area contributed by atoms with Crippen LogP contribution in [-0.4, -0.2) is 47.8 Å². The molecule has 2 aromatic carbocycles. The molecule has 8 heteroatoms. The quantitative estimate of drug-likeness (QED) is 0.655. The summed E-state index contributed by atoms with van der Waals surface area (Å²) in [6.07, 6.45) is 1.66. The van der Waals surface area contributed by atoms with Gasteiger partial charge in [-0.15, -0.1) is 0 Å². The second-order valence-electron chi connectivity index (χ2n) is 7.65. The van der Waals surface area contributed by atoms with Crippen molar-refractivity contribution in [1.82, 2.24) is 15.2 Å². The van der Waals surface area contributed by atoms with E-state index in [2.05, 4.69) is 15.3 Å². The molecule has 1 aromatic heterocycles. The summed E-state index contributed by atoms with van der Waals surface area (Å²) in [5, 5.41) is 2.94. The van der Waals surface area contributed by atoms with Gasteiger partial charge >= 0.3 is 0 Å². The first-order chi connectivity index (χ1) is 16.2. The van der Waals surface area contributed by atoms with Gasteiger partial charge in [-0.05, 0) is 36.8 Å². The maximum atomic E-state index is 13.0. The largest absolute Gasteiger partial charge is 0.491 e. The van der Waals surface area contributed by atoms with Crippen LogP contribution < -0.4 is 14.8 Å². The van der Waals surface area contributed by atoms with Crippen LogP contribution in [0.25, 0.3) is 0 Å². The van der Waals surface area contributed by atoms with Gasteiger partial charge in [-0.3, -0.25) is 25.0 Å². The smallest absolute Gasteiger partial charge is 0.259 e. The van der Waals surface area contributed by atoms with Gasteiger partial charge in [-0.2, -0.15) is 0 Å². The molecule has 2 aliphatic rings. The van der Waals surface area contributed by atoms with Crippen molar-refractivity contribution in [2.24, 2.45) is 9.98 Å². The van der Waals surface area contributed by atoms with Gasteiger partial charge in [0.15, 0.2) is 11.5 Å². The molecule has 0 saturated carbocycles. The SMILES string of the molecule is COc1c(OCc2ccccc2)ccc2c1N=C(NC(=O)c1cccnc1C)N1CCN=C21. The number of aromatic nitrogens is 1. The molecule has 0 bridgehead atoms. The molecule has 0 atom stereocenters. The second kappa shape index (κ2) is 8.74. The van der Waals surface area contributed by atoms with Gasteiger partial charge in [0.2, 0.25) is 5.96 Å². The fourth-order valence-corrected chi connectivity index (χ4v) is 3.93. The van der Waals surface area contributed by atoms with Crippen LogP contribution in [0.2, 0.25) is 0 Å². The molecule has 0 spiro atoms. The molecule has 0 unspecified atom stereocenters. The number of pyridine rings is 1. The van der Waals surface area contributed by atoms with Crippen LogP contribution in [0.5, 0.6) is 11.5 Å². The number of aryl methyl sites for hydroxylation is 1. The predicted molar refractivity (Wildman–Crippen MR) is 125 cm³/mol. The molecular formula is C25H23N5O3. The van der Waals surface area contributed by atoms with Crippen molar-refractivity contribution in [3.8, 4) is 11.5 Å². The minimum absolute atomic E-state index is 0.274. The molecule has 5 rings (SSSR count). The number of carbonyl (C=O) groups is 1. The molecule has 2 aliphatic heterocycles. The number of ether oxygens (including phenoxy) is 2. The first-order valence-electron chi connectivity index (χ1n) is 10.7. The highest BCUT2D eigenvalue weighted by atomic mass is 16.5. The van der Waals surface area contributed by atoms with Crippen molar-refractivity contribution in [1.29, 1.82) is 0 Å². The van der Waals surface area contributed by atoms with Gasteiger partial charge in [-0.25, -0.2) is 4.99 Å². The van der Waals surface area contributed by atoms with E-state index in [1.165, 1.54) is 0 Å². The number of hydrogen-bond donors (Lipinski definition) is 1. The Balaban J connectivity index is 1.50. The monoisotopic (exact) mass is 441 g/mol. The van der Waals surface area contributed by atoms with Crippen LogP contribution in [0, 0.1) is 6.92 Å². The van der Waals surface area contributed by atoms with Gasteiger partial charge in [0.05, 0.1) is 19.2 Å². The van der Waals surface area contributed by atoms with Crippen molar-refractivity contribution in [3.05, 3.63) is 83.2 Å². The standard InChI is InChI=1S/C25H23N5O3/c1-16-18(9-6-12-26-16)24(31)29-25-28-21-19(23-27-13-14-30(23)25)10-11-20(22(21)32-2)33-15-17-7-4-3-5-8-17/h3-12H,13-15H2,1-2H3,(H,28,29,31). The highest BCUT2D eigenvalue weighted by Gasteiger charge is 2.33. The minimum atomic E-state index is -0.274. The van der Waals surface area contributed by atoms with Crippen LogP contribution in [0.4, 0.5) is 5.69 Å². The lowest BCUT2D eigenvalue weighted by atomic mass is 10.1. The number of aliphatic imine (C=N–C) groups is 2. The van der Waals surface area contributed by atoms with Crippen LogP contribution in [0.15, 0.2) is 70.8 Å². The number of fused-ring (bicyclic) bond motifs is 3.